The van der Waals surface area contributed by atoms with Crippen LogP contribution in [0.1, 0.15) is 10.4 Å². The highest BCUT2D eigenvalue weighted by atomic mass is 16.2. The summed E-state index contributed by atoms with van der Waals surface area (Å²) in [7, 11) is 1.76. The minimum absolute atomic E-state index is 0.0134. The molecule has 1 saturated heterocycles. The van der Waals surface area contributed by atoms with E-state index in [4.69, 9.17) is 0 Å². The first-order chi connectivity index (χ1) is 10.6. The first-order valence-electron chi connectivity index (χ1n) is 7.34. The molecule has 0 N–H and O–H groups in total. The number of carbonyl (C=O) groups excluding carboxylic acids is 2. The molecule has 1 heterocycles. The zero-order valence-electron chi connectivity index (χ0n) is 12.5. The molecule has 2 amide bonds. The molecule has 0 unspecified atom stereocenters. The number of piperazine rings is 1. The summed E-state index contributed by atoms with van der Waals surface area (Å²) in [6, 6.07) is 17.6. The summed E-state index contributed by atoms with van der Waals surface area (Å²) in [6.07, 6.45) is 0. The molecule has 1 aliphatic rings. The fourth-order valence-corrected chi connectivity index (χ4v) is 2.55. The molecule has 4 nitrogen and oxygen atoms in total. The Morgan fingerprint density at radius 2 is 1.55 bits per heavy atom. The quantitative estimate of drug-likeness (QED) is 0.852. The number of likely N-dealkylation sites (N-methyl/N-ethyl adjacent to an activating group) is 1. The second-order valence-corrected chi connectivity index (χ2v) is 5.49. The highest BCUT2D eigenvalue weighted by Gasteiger charge is 2.25. The van der Waals surface area contributed by atoms with Crippen molar-refractivity contribution in [3.63, 3.8) is 0 Å². The topological polar surface area (TPSA) is 40.6 Å². The molecule has 112 valence electrons. The molecule has 0 atom stereocenters. The number of benzene rings is 2. The van der Waals surface area contributed by atoms with E-state index in [1.807, 2.05) is 54.6 Å². The molecule has 3 rings (SSSR count). The molecule has 0 aromatic heterocycles. The van der Waals surface area contributed by atoms with Gasteiger partial charge < -0.3 is 9.80 Å². The summed E-state index contributed by atoms with van der Waals surface area (Å²) in [6.45, 7) is 1.34. The van der Waals surface area contributed by atoms with Crippen molar-refractivity contribution < 1.29 is 9.59 Å². The normalized spacial score (nSPS) is 15.0. The van der Waals surface area contributed by atoms with Crippen LogP contribution in [-0.2, 0) is 4.79 Å². The van der Waals surface area contributed by atoms with Crippen LogP contribution in [0.25, 0.3) is 11.1 Å². The Morgan fingerprint density at radius 1 is 0.909 bits per heavy atom. The van der Waals surface area contributed by atoms with Crippen LogP contribution in [0, 0.1) is 0 Å². The number of rotatable bonds is 2. The van der Waals surface area contributed by atoms with E-state index in [0.29, 0.717) is 18.7 Å². The highest BCUT2D eigenvalue weighted by Crippen LogP contribution is 2.20. The van der Waals surface area contributed by atoms with Gasteiger partial charge in [-0.2, -0.15) is 0 Å². The van der Waals surface area contributed by atoms with E-state index in [1.54, 1.807) is 16.8 Å². The van der Waals surface area contributed by atoms with Crippen molar-refractivity contribution in [3.05, 3.63) is 60.2 Å². The van der Waals surface area contributed by atoms with E-state index in [2.05, 4.69) is 0 Å². The molecule has 2 aromatic rings. The molecule has 22 heavy (non-hydrogen) atoms. The Morgan fingerprint density at radius 3 is 2.18 bits per heavy atom. The minimum atomic E-state index is -0.0824. The van der Waals surface area contributed by atoms with Crippen LogP contribution in [-0.4, -0.2) is 48.3 Å². The van der Waals surface area contributed by atoms with Crippen LogP contribution in [0.4, 0.5) is 0 Å². The molecule has 1 aliphatic heterocycles. The fraction of sp³-hybridized carbons (Fsp3) is 0.222. The smallest absolute Gasteiger partial charge is 0.254 e. The van der Waals surface area contributed by atoms with Gasteiger partial charge in [-0.25, -0.2) is 0 Å². The summed E-state index contributed by atoms with van der Waals surface area (Å²) in [4.78, 5) is 27.4. The average Bonchev–Trinajstić information content (AvgIpc) is 2.58. The van der Waals surface area contributed by atoms with Crippen molar-refractivity contribution in [2.45, 2.75) is 0 Å². The first-order valence-corrected chi connectivity index (χ1v) is 7.34. The van der Waals surface area contributed by atoms with E-state index in [1.165, 1.54) is 0 Å². The third-order valence-electron chi connectivity index (χ3n) is 3.98. The van der Waals surface area contributed by atoms with E-state index in [-0.39, 0.29) is 18.4 Å². The van der Waals surface area contributed by atoms with Gasteiger partial charge in [-0.3, -0.25) is 9.59 Å². The molecule has 0 saturated carbocycles. The Labute approximate surface area is 130 Å². The van der Waals surface area contributed by atoms with Crippen molar-refractivity contribution in [3.8, 4) is 11.1 Å². The van der Waals surface area contributed by atoms with Crippen LogP contribution in [0.2, 0.25) is 0 Å². The molecule has 2 aromatic carbocycles. The van der Waals surface area contributed by atoms with Gasteiger partial charge in [0.1, 0.15) is 6.54 Å². The number of hydrogen-bond acceptors (Lipinski definition) is 2. The minimum Gasteiger partial charge on any atom is -0.342 e. The molecule has 0 spiro atoms. The van der Waals surface area contributed by atoms with Crippen LogP contribution in [0.15, 0.2) is 54.6 Å². The molecule has 0 radical (unpaired) electrons. The molecule has 0 bridgehead atoms. The van der Waals surface area contributed by atoms with Gasteiger partial charge in [-0.05, 0) is 23.3 Å². The summed E-state index contributed by atoms with van der Waals surface area (Å²) in [5, 5.41) is 0. The molecule has 4 heteroatoms. The summed E-state index contributed by atoms with van der Waals surface area (Å²) in [5.74, 6) is -0.0958. The number of carbonyl (C=O) groups is 2. The molecular weight excluding hydrogens is 276 g/mol. The van der Waals surface area contributed by atoms with Gasteiger partial charge in [0.2, 0.25) is 5.91 Å². The van der Waals surface area contributed by atoms with Crippen molar-refractivity contribution in [2.24, 2.45) is 0 Å². The van der Waals surface area contributed by atoms with Crippen molar-refractivity contribution in [1.82, 2.24) is 9.80 Å². The lowest BCUT2D eigenvalue weighted by Gasteiger charge is -2.32. The lowest BCUT2D eigenvalue weighted by molar-refractivity contribution is -0.133. The zero-order chi connectivity index (χ0) is 15.5. The first kappa shape index (κ1) is 14.3. The largest absolute Gasteiger partial charge is 0.342 e. The van der Waals surface area contributed by atoms with E-state index in [9.17, 15) is 9.59 Å². The second-order valence-electron chi connectivity index (χ2n) is 5.49. The second kappa shape index (κ2) is 6.02. The highest BCUT2D eigenvalue weighted by molar-refractivity contribution is 5.97. The third kappa shape index (κ3) is 2.86. The molecule has 1 fully saturated rings. The van der Waals surface area contributed by atoms with Crippen LogP contribution in [0.3, 0.4) is 0 Å². The Hall–Kier alpha value is -2.62. The summed E-state index contributed by atoms with van der Waals surface area (Å²) in [5.41, 5.74) is 2.82. The summed E-state index contributed by atoms with van der Waals surface area (Å²) >= 11 is 0. The van der Waals surface area contributed by atoms with Gasteiger partial charge in [0.15, 0.2) is 0 Å². The van der Waals surface area contributed by atoms with Crippen molar-refractivity contribution in [2.75, 3.05) is 26.7 Å². The predicted molar refractivity (Wildman–Crippen MR) is 85.4 cm³/mol. The van der Waals surface area contributed by atoms with Crippen LogP contribution in [0.5, 0.6) is 0 Å². The predicted octanol–water partition coefficient (Wildman–Crippen LogP) is 2.27. The van der Waals surface area contributed by atoms with Gasteiger partial charge in [0.05, 0.1) is 0 Å². The number of nitrogens with zero attached hydrogens (tertiary/aromatic N) is 2. The van der Waals surface area contributed by atoms with Gasteiger partial charge >= 0.3 is 0 Å². The Bertz CT molecular complexity index is 680. The maximum atomic E-state index is 12.5. The lowest BCUT2D eigenvalue weighted by atomic mass is 10.0. The third-order valence-corrected chi connectivity index (χ3v) is 3.98. The van der Waals surface area contributed by atoms with Gasteiger partial charge in [-0.15, -0.1) is 0 Å². The Balaban J connectivity index is 1.75. The van der Waals surface area contributed by atoms with Gasteiger partial charge in [0, 0.05) is 25.7 Å². The Kier molecular flexibility index (Phi) is 3.92. The van der Waals surface area contributed by atoms with Crippen LogP contribution < -0.4 is 0 Å². The van der Waals surface area contributed by atoms with Crippen molar-refractivity contribution in [1.29, 1.82) is 0 Å². The van der Waals surface area contributed by atoms with E-state index < -0.39 is 0 Å². The van der Waals surface area contributed by atoms with Crippen LogP contribution >= 0.6 is 0 Å². The average molecular weight is 294 g/mol. The number of amides is 2. The molecule has 0 aliphatic carbocycles. The van der Waals surface area contributed by atoms with Gasteiger partial charge in [0.25, 0.3) is 5.91 Å². The maximum Gasteiger partial charge on any atom is 0.254 e. The maximum absolute atomic E-state index is 12.5. The fourth-order valence-electron chi connectivity index (χ4n) is 2.55. The monoisotopic (exact) mass is 294 g/mol. The van der Waals surface area contributed by atoms with E-state index >= 15 is 0 Å². The standard InChI is InChI=1S/C18H18N2O2/c1-19-11-12-20(13-17(19)21)18(22)16-9-7-15(8-10-16)14-5-3-2-4-6-14/h2-10H,11-13H2,1H3. The SMILES string of the molecule is CN1CCN(C(=O)c2ccc(-c3ccccc3)cc2)CC1=O. The zero-order valence-corrected chi connectivity index (χ0v) is 12.5. The summed E-state index contributed by atoms with van der Waals surface area (Å²) < 4.78 is 0. The lowest BCUT2D eigenvalue weighted by Crippen LogP contribution is -2.50. The van der Waals surface area contributed by atoms with Crippen molar-refractivity contribution >= 4 is 11.8 Å². The molecular formula is C18H18N2O2. The van der Waals surface area contributed by atoms with E-state index in [0.717, 1.165) is 11.1 Å². The van der Waals surface area contributed by atoms with Gasteiger partial charge in [-0.1, -0.05) is 42.5 Å². The number of hydrogen-bond donors (Lipinski definition) is 0.